The Balaban J connectivity index is 2.08. The highest BCUT2D eigenvalue weighted by Crippen LogP contribution is 2.21. The highest BCUT2D eigenvalue weighted by Gasteiger charge is 2.03. The van der Waals surface area contributed by atoms with Crippen molar-refractivity contribution in [1.82, 2.24) is 9.97 Å². The first-order chi connectivity index (χ1) is 7.79. The molecule has 0 atom stereocenters. The van der Waals surface area contributed by atoms with E-state index in [-0.39, 0.29) is 0 Å². The van der Waals surface area contributed by atoms with Gasteiger partial charge in [0.25, 0.3) is 0 Å². The van der Waals surface area contributed by atoms with E-state index in [1.54, 1.807) is 24.6 Å². The van der Waals surface area contributed by atoms with Crippen LogP contribution in [0.3, 0.4) is 0 Å². The Bertz CT molecular complexity index is 458. The molecule has 4 nitrogen and oxygen atoms in total. The molecule has 0 saturated carbocycles. The Kier molecular flexibility index (Phi) is 3.74. The number of rotatable bonds is 4. The summed E-state index contributed by atoms with van der Waals surface area (Å²) >= 11 is 5.13. The summed E-state index contributed by atoms with van der Waals surface area (Å²) in [6, 6.07) is 4.13. The molecule has 0 saturated heterocycles. The van der Waals surface area contributed by atoms with Crippen molar-refractivity contribution in [2.24, 2.45) is 0 Å². The fraction of sp³-hybridized carbons (Fsp3) is 0.200. The van der Waals surface area contributed by atoms with Crippen LogP contribution in [-0.4, -0.2) is 17.0 Å². The second kappa shape index (κ2) is 5.27. The van der Waals surface area contributed by atoms with Crippen LogP contribution in [0.15, 0.2) is 28.2 Å². The van der Waals surface area contributed by atoms with Gasteiger partial charge >= 0.3 is 0 Å². The molecule has 84 valence electrons. The van der Waals surface area contributed by atoms with Crippen LogP contribution in [0, 0.1) is 0 Å². The maximum Gasteiger partial charge on any atom is 0.224 e. The van der Waals surface area contributed by atoms with Gasteiger partial charge in [0.1, 0.15) is 5.82 Å². The number of anilines is 2. The standard InChI is InChI=1S/C10H11BrN4S/c1-12-10-14-6-8(11)9(15-10)13-5-7-3-2-4-16-7/h2-4,6H,5H2,1H3,(H2,12,13,14,15). The number of halogens is 1. The fourth-order valence-electron chi connectivity index (χ4n) is 1.20. The number of hydrogen-bond donors (Lipinski definition) is 2. The number of thiophene rings is 1. The van der Waals surface area contributed by atoms with E-state index in [2.05, 4.69) is 48.0 Å². The number of nitrogens with zero attached hydrogens (tertiary/aromatic N) is 2. The van der Waals surface area contributed by atoms with Crippen LogP contribution in [0.2, 0.25) is 0 Å². The zero-order valence-electron chi connectivity index (χ0n) is 8.70. The minimum atomic E-state index is 0.608. The lowest BCUT2D eigenvalue weighted by Gasteiger charge is -2.07. The van der Waals surface area contributed by atoms with E-state index >= 15 is 0 Å². The van der Waals surface area contributed by atoms with Gasteiger partial charge in [-0.3, -0.25) is 0 Å². The molecular weight excluding hydrogens is 288 g/mol. The monoisotopic (exact) mass is 298 g/mol. The SMILES string of the molecule is CNc1ncc(Br)c(NCc2cccs2)n1. The largest absolute Gasteiger partial charge is 0.364 e. The smallest absolute Gasteiger partial charge is 0.224 e. The van der Waals surface area contributed by atoms with E-state index in [9.17, 15) is 0 Å². The third-order valence-corrected chi connectivity index (χ3v) is 3.43. The molecule has 2 N–H and O–H groups in total. The van der Waals surface area contributed by atoms with E-state index in [4.69, 9.17) is 0 Å². The van der Waals surface area contributed by atoms with Gasteiger partial charge in [0.2, 0.25) is 5.95 Å². The third-order valence-electron chi connectivity index (χ3n) is 1.98. The number of hydrogen-bond acceptors (Lipinski definition) is 5. The second-order valence-corrected chi connectivity index (χ2v) is 4.96. The minimum Gasteiger partial charge on any atom is -0.364 e. The first kappa shape index (κ1) is 11.3. The molecule has 0 radical (unpaired) electrons. The average Bonchev–Trinajstić information content (AvgIpc) is 2.81. The zero-order chi connectivity index (χ0) is 11.4. The van der Waals surface area contributed by atoms with Crippen LogP contribution in [0.5, 0.6) is 0 Å². The van der Waals surface area contributed by atoms with Crippen molar-refractivity contribution in [1.29, 1.82) is 0 Å². The first-order valence-corrected chi connectivity index (χ1v) is 6.43. The molecule has 2 rings (SSSR count). The highest BCUT2D eigenvalue weighted by molar-refractivity contribution is 9.10. The average molecular weight is 299 g/mol. The summed E-state index contributed by atoms with van der Waals surface area (Å²) in [6.07, 6.45) is 1.73. The van der Waals surface area contributed by atoms with Crippen molar-refractivity contribution in [3.8, 4) is 0 Å². The molecule has 0 aliphatic carbocycles. The lowest BCUT2D eigenvalue weighted by atomic mass is 10.4. The predicted molar refractivity (Wildman–Crippen MR) is 70.9 cm³/mol. The van der Waals surface area contributed by atoms with E-state index in [0.29, 0.717) is 5.95 Å². The normalized spacial score (nSPS) is 10.1. The molecule has 0 amide bonds. The number of aromatic nitrogens is 2. The molecule has 0 spiro atoms. The molecule has 0 aromatic carbocycles. The molecule has 0 fully saturated rings. The van der Waals surface area contributed by atoms with Gasteiger partial charge in [0.05, 0.1) is 11.0 Å². The number of nitrogens with one attached hydrogen (secondary N) is 2. The van der Waals surface area contributed by atoms with Crippen LogP contribution in [0.25, 0.3) is 0 Å². The molecule has 6 heteroatoms. The van der Waals surface area contributed by atoms with E-state index in [1.807, 2.05) is 6.07 Å². The topological polar surface area (TPSA) is 49.8 Å². The van der Waals surface area contributed by atoms with Crippen LogP contribution in [0.1, 0.15) is 4.88 Å². The van der Waals surface area contributed by atoms with Gasteiger partial charge in [0, 0.05) is 18.1 Å². The molecule has 0 unspecified atom stereocenters. The van der Waals surface area contributed by atoms with Gasteiger partial charge in [-0.15, -0.1) is 11.3 Å². The molecular formula is C10H11BrN4S. The van der Waals surface area contributed by atoms with E-state index in [1.165, 1.54) is 4.88 Å². The van der Waals surface area contributed by atoms with Crippen molar-refractivity contribution in [3.63, 3.8) is 0 Å². The summed E-state index contributed by atoms with van der Waals surface area (Å²) in [7, 11) is 1.80. The Morgan fingerprint density at radius 1 is 1.50 bits per heavy atom. The minimum absolute atomic E-state index is 0.608. The maximum atomic E-state index is 4.31. The van der Waals surface area contributed by atoms with Crippen molar-refractivity contribution < 1.29 is 0 Å². The molecule has 0 aliphatic heterocycles. The van der Waals surface area contributed by atoms with Gasteiger partial charge in [-0.1, -0.05) is 6.07 Å². The van der Waals surface area contributed by atoms with E-state index in [0.717, 1.165) is 16.8 Å². The molecule has 0 bridgehead atoms. The first-order valence-electron chi connectivity index (χ1n) is 4.76. The summed E-state index contributed by atoms with van der Waals surface area (Å²) in [5.74, 6) is 1.41. The molecule has 2 heterocycles. The van der Waals surface area contributed by atoms with Crippen molar-refractivity contribution in [2.45, 2.75) is 6.54 Å². The van der Waals surface area contributed by atoms with Crippen LogP contribution < -0.4 is 10.6 Å². The molecule has 2 aromatic rings. The molecule has 16 heavy (non-hydrogen) atoms. The lowest BCUT2D eigenvalue weighted by Crippen LogP contribution is -2.04. The molecule has 0 aliphatic rings. The Morgan fingerprint density at radius 3 is 3.06 bits per heavy atom. The van der Waals surface area contributed by atoms with Gasteiger partial charge in [0.15, 0.2) is 0 Å². The van der Waals surface area contributed by atoms with E-state index < -0.39 is 0 Å². The Hall–Kier alpha value is -1.14. The summed E-state index contributed by atoms with van der Waals surface area (Å²) in [5.41, 5.74) is 0. The highest BCUT2D eigenvalue weighted by atomic mass is 79.9. The lowest BCUT2D eigenvalue weighted by molar-refractivity contribution is 1.08. The van der Waals surface area contributed by atoms with Gasteiger partial charge in [-0.25, -0.2) is 4.98 Å². The van der Waals surface area contributed by atoms with Crippen molar-refractivity contribution in [3.05, 3.63) is 33.1 Å². The maximum absolute atomic E-state index is 4.31. The van der Waals surface area contributed by atoms with Crippen molar-refractivity contribution >= 4 is 39.0 Å². The Labute approximate surface area is 106 Å². The van der Waals surface area contributed by atoms with Crippen LogP contribution in [-0.2, 0) is 6.54 Å². The summed E-state index contributed by atoms with van der Waals surface area (Å²) in [4.78, 5) is 9.69. The Morgan fingerprint density at radius 2 is 2.38 bits per heavy atom. The summed E-state index contributed by atoms with van der Waals surface area (Å²) in [6.45, 7) is 0.774. The summed E-state index contributed by atoms with van der Waals surface area (Å²) < 4.78 is 0.864. The van der Waals surface area contributed by atoms with Crippen LogP contribution in [0.4, 0.5) is 11.8 Å². The quantitative estimate of drug-likeness (QED) is 0.911. The molecule has 2 aromatic heterocycles. The van der Waals surface area contributed by atoms with Gasteiger partial charge in [-0.2, -0.15) is 4.98 Å². The second-order valence-electron chi connectivity index (χ2n) is 3.07. The third kappa shape index (κ3) is 2.70. The van der Waals surface area contributed by atoms with Crippen molar-refractivity contribution in [2.75, 3.05) is 17.7 Å². The van der Waals surface area contributed by atoms with Gasteiger partial charge < -0.3 is 10.6 Å². The van der Waals surface area contributed by atoms with Gasteiger partial charge in [-0.05, 0) is 27.4 Å². The zero-order valence-corrected chi connectivity index (χ0v) is 11.1. The predicted octanol–water partition coefficient (Wildman–Crippen LogP) is 2.95. The summed E-state index contributed by atoms with van der Waals surface area (Å²) in [5, 5.41) is 8.23. The fourth-order valence-corrected chi connectivity index (χ4v) is 2.17. The van der Waals surface area contributed by atoms with Crippen LogP contribution >= 0.6 is 27.3 Å².